The predicted octanol–water partition coefficient (Wildman–Crippen LogP) is 5.14. The third-order valence-corrected chi connectivity index (χ3v) is 5.59. The lowest BCUT2D eigenvalue weighted by Crippen LogP contribution is -2.43. The maximum absolute atomic E-state index is 13.4. The molecule has 0 bridgehead atoms. The highest BCUT2D eigenvalue weighted by Gasteiger charge is 2.30. The lowest BCUT2D eigenvalue weighted by atomic mass is 10.0. The average molecular weight is 451 g/mol. The normalized spacial score (nSPS) is 11.5. The number of carbonyl (C=O) groups is 2. The third kappa shape index (κ3) is 5.89. The minimum atomic E-state index is -0.770. The minimum Gasteiger partial charge on any atom is -0.497 e. The molecule has 0 spiro atoms. The van der Waals surface area contributed by atoms with E-state index in [1.54, 1.807) is 25.0 Å². The Kier molecular flexibility index (Phi) is 8.28. The first kappa shape index (κ1) is 23.4. The number of rotatable bonds is 9. The summed E-state index contributed by atoms with van der Waals surface area (Å²) in [4.78, 5) is 28.0. The van der Waals surface area contributed by atoms with Gasteiger partial charge in [-0.05, 0) is 34.9 Å². The van der Waals surface area contributed by atoms with Gasteiger partial charge in [0.1, 0.15) is 11.8 Å². The number of ether oxygens (including phenoxy) is 1. The van der Waals surface area contributed by atoms with Crippen LogP contribution < -0.4 is 10.1 Å². The van der Waals surface area contributed by atoms with Crippen LogP contribution in [-0.2, 0) is 22.7 Å². The molecule has 0 aromatic heterocycles. The number of hydrogen-bond acceptors (Lipinski definition) is 3. The molecule has 0 fully saturated rings. The molecule has 32 heavy (non-hydrogen) atoms. The van der Waals surface area contributed by atoms with Crippen molar-refractivity contribution in [1.82, 2.24) is 10.2 Å². The van der Waals surface area contributed by atoms with Gasteiger partial charge in [0.2, 0.25) is 11.8 Å². The summed E-state index contributed by atoms with van der Waals surface area (Å²) >= 11 is 6.25. The zero-order valence-electron chi connectivity index (χ0n) is 18.3. The molecule has 5 nitrogen and oxygen atoms in total. The Morgan fingerprint density at radius 1 is 0.969 bits per heavy atom. The molecule has 166 valence electrons. The molecule has 0 radical (unpaired) electrons. The van der Waals surface area contributed by atoms with Crippen molar-refractivity contribution in [2.45, 2.75) is 32.5 Å². The molecule has 1 unspecified atom stereocenters. The summed E-state index contributed by atoms with van der Waals surface area (Å²) < 4.78 is 5.23. The lowest BCUT2D eigenvalue weighted by Gasteiger charge is -2.31. The van der Waals surface area contributed by atoms with E-state index in [1.165, 1.54) is 0 Å². The molecule has 2 amide bonds. The highest BCUT2D eigenvalue weighted by atomic mass is 35.5. The van der Waals surface area contributed by atoms with Crippen LogP contribution in [0.2, 0.25) is 5.02 Å². The van der Waals surface area contributed by atoms with Gasteiger partial charge in [0, 0.05) is 24.5 Å². The Morgan fingerprint density at radius 2 is 1.62 bits per heavy atom. The van der Waals surface area contributed by atoms with Crippen molar-refractivity contribution in [2.75, 3.05) is 7.11 Å². The summed E-state index contributed by atoms with van der Waals surface area (Å²) in [7, 11) is 1.61. The van der Waals surface area contributed by atoms with Gasteiger partial charge < -0.3 is 15.0 Å². The molecule has 0 saturated heterocycles. The fourth-order valence-electron chi connectivity index (χ4n) is 3.48. The van der Waals surface area contributed by atoms with E-state index < -0.39 is 6.04 Å². The molecule has 0 heterocycles. The SMILES string of the molecule is CCC(=O)N(Cc1ccc(OC)cc1)C(C(=O)NCc1ccccc1Cl)c1ccccc1. The second kappa shape index (κ2) is 11.3. The van der Waals surface area contributed by atoms with Crippen molar-refractivity contribution < 1.29 is 14.3 Å². The van der Waals surface area contributed by atoms with Gasteiger partial charge in [0.05, 0.1) is 7.11 Å². The molecule has 3 rings (SSSR count). The molecule has 3 aromatic carbocycles. The summed E-state index contributed by atoms with van der Waals surface area (Å²) in [6, 6.07) is 23.4. The van der Waals surface area contributed by atoms with Crippen molar-refractivity contribution in [3.05, 3.63) is 101 Å². The van der Waals surface area contributed by atoms with Crippen molar-refractivity contribution >= 4 is 23.4 Å². The fourth-order valence-corrected chi connectivity index (χ4v) is 3.69. The standard InChI is InChI=1S/C26H27ClN2O3/c1-3-24(30)29(18-19-13-15-22(32-2)16-14-19)25(20-9-5-4-6-10-20)26(31)28-17-21-11-7-8-12-23(21)27/h4-16,25H,3,17-18H2,1-2H3,(H,28,31). The largest absolute Gasteiger partial charge is 0.497 e. The van der Waals surface area contributed by atoms with Crippen LogP contribution in [-0.4, -0.2) is 23.8 Å². The quantitative estimate of drug-likeness (QED) is 0.490. The lowest BCUT2D eigenvalue weighted by molar-refractivity contribution is -0.141. The predicted molar refractivity (Wildman–Crippen MR) is 126 cm³/mol. The molecular formula is C26H27ClN2O3. The van der Waals surface area contributed by atoms with Crippen LogP contribution in [0.3, 0.4) is 0 Å². The van der Waals surface area contributed by atoms with E-state index in [-0.39, 0.29) is 24.8 Å². The average Bonchev–Trinajstić information content (AvgIpc) is 2.83. The molecule has 1 N–H and O–H groups in total. The maximum atomic E-state index is 13.4. The van der Waals surface area contributed by atoms with Crippen molar-refractivity contribution in [3.8, 4) is 5.75 Å². The van der Waals surface area contributed by atoms with Gasteiger partial charge in [0.15, 0.2) is 0 Å². The molecule has 1 atom stereocenters. The van der Waals surface area contributed by atoms with Crippen LogP contribution in [0.1, 0.15) is 36.1 Å². The summed E-state index contributed by atoms with van der Waals surface area (Å²) in [6.45, 7) is 2.38. The summed E-state index contributed by atoms with van der Waals surface area (Å²) in [5.41, 5.74) is 2.48. The zero-order valence-corrected chi connectivity index (χ0v) is 19.0. The van der Waals surface area contributed by atoms with Crippen LogP contribution in [0.4, 0.5) is 0 Å². The van der Waals surface area contributed by atoms with Gasteiger partial charge in [-0.3, -0.25) is 9.59 Å². The fraction of sp³-hybridized carbons (Fsp3) is 0.231. The van der Waals surface area contributed by atoms with Gasteiger partial charge in [-0.25, -0.2) is 0 Å². The molecule has 0 aliphatic heterocycles. The molecule has 3 aromatic rings. The van der Waals surface area contributed by atoms with Crippen molar-refractivity contribution in [3.63, 3.8) is 0 Å². The molecule has 0 aliphatic carbocycles. The Balaban J connectivity index is 1.90. The zero-order chi connectivity index (χ0) is 22.9. The smallest absolute Gasteiger partial charge is 0.247 e. The maximum Gasteiger partial charge on any atom is 0.247 e. The second-order valence-electron chi connectivity index (χ2n) is 7.35. The van der Waals surface area contributed by atoms with Gasteiger partial charge in [0.25, 0.3) is 0 Å². The Bertz CT molecular complexity index is 1040. The first-order valence-corrected chi connectivity index (χ1v) is 10.9. The van der Waals surface area contributed by atoms with E-state index in [1.807, 2.05) is 72.8 Å². The number of nitrogens with one attached hydrogen (secondary N) is 1. The van der Waals surface area contributed by atoms with Crippen LogP contribution >= 0.6 is 11.6 Å². The summed E-state index contributed by atoms with van der Waals surface area (Å²) in [6.07, 6.45) is 0.289. The number of hydrogen-bond donors (Lipinski definition) is 1. The first-order chi connectivity index (χ1) is 15.5. The van der Waals surface area contributed by atoms with E-state index >= 15 is 0 Å². The number of halogens is 1. The first-order valence-electron chi connectivity index (χ1n) is 10.5. The van der Waals surface area contributed by atoms with E-state index in [2.05, 4.69) is 5.32 Å². The Hall–Kier alpha value is -3.31. The number of methoxy groups -OCH3 is 1. The van der Waals surface area contributed by atoms with Gasteiger partial charge >= 0.3 is 0 Å². The number of benzene rings is 3. The monoisotopic (exact) mass is 450 g/mol. The van der Waals surface area contributed by atoms with Crippen LogP contribution in [0.5, 0.6) is 5.75 Å². The molecule has 0 aliphatic rings. The highest BCUT2D eigenvalue weighted by molar-refractivity contribution is 6.31. The highest BCUT2D eigenvalue weighted by Crippen LogP contribution is 2.26. The van der Waals surface area contributed by atoms with Crippen molar-refractivity contribution in [2.24, 2.45) is 0 Å². The minimum absolute atomic E-state index is 0.109. The molecular weight excluding hydrogens is 424 g/mol. The van der Waals surface area contributed by atoms with Gasteiger partial charge in [-0.15, -0.1) is 0 Å². The van der Waals surface area contributed by atoms with Crippen LogP contribution in [0.15, 0.2) is 78.9 Å². The van der Waals surface area contributed by atoms with Gasteiger partial charge in [-0.2, -0.15) is 0 Å². The van der Waals surface area contributed by atoms with Crippen LogP contribution in [0, 0.1) is 0 Å². The molecule has 0 saturated carbocycles. The Labute approximate surface area is 194 Å². The van der Waals surface area contributed by atoms with E-state index in [0.29, 0.717) is 11.6 Å². The van der Waals surface area contributed by atoms with E-state index in [9.17, 15) is 9.59 Å². The number of amides is 2. The summed E-state index contributed by atoms with van der Waals surface area (Å²) in [5, 5.41) is 3.55. The van der Waals surface area contributed by atoms with Crippen LogP contribution in [0.25, 0.3) is 0 Å². The number of nitrogens with zero attached hydrogens (tertiary/aromatic N) is 1. The van der Waals surface area contributed by atoms with Gasteiger partial charge in [-0.1, -0.05) is 79.2 Å². The molecule has 6 heteroatoms. The summed E-state index contributed by atoms with van der Waals surface area (Å²) in [5.74, 6) is 0.369. The van der Waals surface area contributed by atoms with E-state index in [4.69, 9.17) is 16.3 Å². The number of carbonyl (C=O) groups excluding carboxylic acids is 2. The van der Waals surface area contributed by atoms with E-state index in [0.717, 1.165) is 22.4 Å². The topological polar surface area (TPSA) is 58.6 Å². The second-order valence-corrected chi connectivity index (χ2v) is 7.75. The third-order valence-electron chi connectivity index (χ3n) is 5.22. The Morgan fingerprint density at radius 3 is 2.25 bits per heavy atom. The van der Waals surface area contributed by atoms with Crippen molar-refractivity contribution in [1.29, 1.82) is 0 Å².